The van der Waals surface area contributed by atoms with E-state index in [0.29, 0.717) is 11.5 Å². The number of benzene rings is 1. The Balaban J connectivity index is 1.84. The second-order valence-corrected chi connectivity index (χ2v) is 5.69. The molecule has 1 aliphatic rings. The Labute approximate surface area is 136 Å². The van der Waals surface area contributed by atoms with Gasteiger partial charge < -0.3 is 20.9 Å². The molecular formula is C18H24N2O3. The Hall–Kier alpha value is -2.27. The highest BCUT2D eigenvalue weighted by Crippen LogP contribution is 2.23. The van der Waals surface area contributed by atoms with Gasteiger partial charge in [0.1, 0.15) is 17.9 Å². The number of rotatable bonds is 7. The second-order valence-electron chi connectivity index (χ2n) is 5.69. The minimum absolute atomic E-state index is 0.00607. The zero-order valence-corrected chi connectivity index (χ0v) is 13.2. The van der Waals surface area contributed by atoms with Gasteiger partial charge in [0.15, 0.2) is 0 Å². The van der Waals surface area contributed by atoms with Crippen LogP contribution >= 0.6 is 0 Å². The molecule has 0 spiro atoms. The Kier molecular flexibility index (Phi) is 6.23. The van der Waals surface area contributed by atoms with Crippen molar-refractivity contribution in [2.75, 3.05) is 0 Å². The fourth-order valence-corrected chi connectivity index (χ4v) is 2.58. The Bertz CT molecular complexity index is 563. The normalized spacial score (nSPS) is 16.8. The van der Waals surface area contributed by atoms with Crippen LogP contribution in [0.1, 0.15) is 37.7 Å². The summed E-state index contributed by atoms with van der Waals surface area (Å²) in [6, 6.07) is 8.64. The summed E-state index contributed by atoms with van der Waals surface area (Å²) in [6.45, 7) is 3.82. The van der Waals surface area contributed by atoms with Crippen LogP contribution in [-0.2, 0) is 14.3 Å². The van der Waals surface area contributed by atoms with Crippen LogP contribution in [0.2, 0.25) is 0 Å². The van der Waals surface area contributed by atoms with Gasteiger partial charge in [-0.05, 0) is 25.7 Å². The Morgan fingerprint density at radius 1 is 1.30 bits per heavy atom. The molecule has 0 amide bonds. The van der Waals surface area contributed by atoms with E-state index in [1.54, 1.807) is 0 Å². The van der Waals surface area contributed by atoms with Crippen molar-refractivity contribution in [2.45, 2.75) is 44.2 Å². The van der Waals surface area contributed by atoms with Crippen LogP contribution in [0.25, 0.3) is 5.76 Å². The van der Waals surface area contributed by atoms with Gasteiger partial charge in [0.05, 0.1) is 5.76 Å². The molecule has 1 aliphatic carbocycles. The van der Waals surface area contributed by atoms with Crippen molar-refractivity contribution in [3.63, 3.8) is 0 Å². The fraction of sp³-hybridized carbons (Fsp3) is 0.389. The summed E-state index contributed by atoms with van der Waals surface area (Å²) < 4.78 is 11.0. The van der Waals surface area contributed by atoms with Gasteiger partial charge in [0.2, 0.25) is 0 Å². The number of hydrogen-bond donors (Lipinski definition) is 2. The molecule has 0 heterocycles. The summed E-state index contributed by atoms with van der Waals surface area (Å²) in [7, 11) is 0. The monoisotopic (exact) mass is 316 g/mol. The van der Waals surface area contributed by atoms with Gasteiger partial charge >= 0.3 is 5.97 Å². The maximum absolute atomic E-state index is 12.0. The SMILES string of the molecule is C=C(C[C@H](N)C(=O)OC1CCCC1)O/C(=C\N)c1ccccc1. The van der Waals surface area contributed by atoms with Crippen molar-refractivity contribution < 1.29 is 14.3 Å². The van der Waals surface area contributed by atoms with Crippen LogP contribution in [0.3, 0.4) is 0 Å². The molecule has 23 heavy (non-hydrogen) atoms. The molecule has 0 unspecified atom stereocenters. The molecule has 2 rings (SSSR count). The summed E-state index contributed by atoms with van der Waals surface area (Å²) in [5.41, 5.74) is 12.3. The summed E-state index contributed by atoms with van der Waals surface area (Å²) in [5.74, 6) is 0.452. The fourth-order valence-electron chi connectivity index (χ4n) is 2.58. The summed E-state index contributed by atoms with van der Waals surface area (Å²) in [5, 5.41) is 0. The molecule has 1 saturated carbocycles. The van der Waals surface area contributed by atoms with Gasteiger partial charge in [-0.2, -0.15) is 0 Å². The van der Waals surface area contributed by atoms with Crippen LogP contribution in [0.5, 0.6) is 0 Å². The molecule has 4 N–H and O–H groups in total. The predicted molar refractivity (Wildman–Crippen MR) is 89.8 cm³/mol. The molecule has 1 fully saturated rings. The molecule has 0 aromatic heterocycles. The number of carbonyl (C=O) groups excluding carboxylic acids is 1. The average Bonchev–Trinajstić information content (AvgIpc) is 3.06. The molecule has 124 valence electrons. The Morgan fingerprint density at radius 2 is 1.96 bits per heavy atom. The highest BCUT2D eigenvalue weighted by Gasteiger charge is 2.24. The molecule has 0 aliphatic heterocycles. The molecular weight excluding hydrogens is 292 g/mol. The predicted octanol–water partition coefficient (Wildman–Crippen LogP) is 2.68. The quantitative estimate of drug-likeness (QED) is 0.596. The van der Waals surface area contributed by atoms with E-state index in [0.717, 1.165) is 31.2 Å². The lowest BCUT2D eigenvalue weighted by molar-refractivity contribution is -0.150. The van der Waals surface area contributed by atoms with E-state index < -0.39 is 12.0 Å². The summed E-state index contributed by atoms with van der Waals surface area (Å²) in [6.07, 6.45) is 5.61. The van der Waals surface area contributed by atoms with E-state index in [1.165, 1.54) is 6.20 Å². The first-order valence-corrected chi connectivity index (χ1v) is 7.89. The van der Waals surface area contributed by atoms with E-state index in [4.69, 9.17) is 20.9 Å². The minimum atomic E-state index is -0.780. The topological polar surface area (TPSA) is 87.6 Å². The molecule has 0 saturated heterocycles. The smallest absolute Gasteiger partial charge is 0.323 e. The van der Waals surface area contributed by atoms with Gasteiger partial charge in [-0.1, -0.05) is 36.9 Å². The van der Waals surface area contributed by atoms with Crippen LogP contribution in [0.15, 0.2) is 48.9 Å². The first-order valence-electron chi connectivity index (χ1n) is 7.89. The van der Waals surface area contributed by atoms with Crippen LogP contribution in [0, 0.1) is 0 Å². The van der Waals surface area contributed by atoms with E-state index in [-0.39, 0.29) is 12.5 Å². The molecule has 5 nitrogen and oxygen atoms in total. The van der Waals surface area contributed by atoms with Crippen LogP contribution in [-0.4, -0.2) is 18.1 Å². The van der Waals surface area contributed by atoms with E-state index >= 15 is 0 Å². The van der Waals surface area contributed by atoms with Crippen molar-refractivity contribution in [2.24, 2.45) is 11.5 Å². The van der Waals surface area contributed by atoms with E-state index in [9.17, 15) is 4.79 Å². The lowest BCUT2D eigenvalue weighted by Crippen LogP contribution is -2.34. The van der Waals surface area contributed by atoms with E-state index in [1.807, 2.05) is 30.3 Å². The van der Waals surface area contributed by atoms with Gasteiger partial charge in [0.25, 0.3) is 0 Å². The largest absolute Gasteiger partial charge is 0.461 e. The van der Waals surface area contributed by atoms with Crippen molar-refractivity contribution in [1.29, 1.82) is 0 Å². The molecule has 0 bridgehead atoms. The number of esters is 1. The number of nitrogens with two attached hydrogens (primary N) is 2. The number of hydrogen-bond acceptors (Lipinski definition) is 5. The van der Waals surface area contributed by atoms with Crippen molar-refractivity contribution >= 4 is 11.7 Å². The van der Waals surface area contributed by atoms with Gasteiger partial charge in [-0.3, -0.25) is 4.79 Å². The van der Waals surface area contributed by atoms with E-state index in [2.05, 4.69) is 6.58 Å². The lowest BCUT2D eigenvalue weighted by atomic mass is 10.2. The number of carbonyl (C=O) groups is 1. The molecule has 1 atom stereocenters. The molecule has 1 aromatic carbocycles. The highest BCUT2D eigenvalue weighted by molar-refractivity contribution is 5.76. The summed E-state index contributed by atoms with van der Waals surface area (Å²) in [4.78, 5) is 12.0. The lowest BCUT2D eigenvalue weighted by Gasteiger charge is -2.17. The first-order chi connectivity index (χ1) is 11.1. The van der Waals surface area contributed by atoms with Crippen LogP contribution in [0.4, 0.5) is 0 Å². The minimum Gasteiger partial charge on any atom is -0.461 e. The summed E-state index contributed by atoms with van der Waals surface area (Å²) >= 11 is 0. The van der Waals surface area contributed by atoms with Crippen molar-refractivity contribution in [3.8, 4) is 0 Å². The average molecular weight is 316 g/mol. The molecule has 1 aromatic rings. The van der Waals surface area contributed by atoms with Crippen LogP contribution < -0.4 is 11.5 Å². The third-order valence-corrected chi connectivity index (χ3v) is 3.80. The molecule has 5 heteroatoms. The van der Waals surface area contributed by atoms with Gasteiger partial charge in [-0.25, -0.2) is 0 Å². The van der Waals surface area contributed by atoms with Crippen molar-refractivity contribution in [3.05, 3.63) is 54.4 Å². The van der Waals surface area contributed by atoms with Gasteiger partial charge in [0, 0.05) is 18.2 Å². The third kappa shape index (κ3) is 5.14. The zero-order valence-electron chi connectivity index (χ0n) is 13.2. The second kappa shape index (κ2) is 8.39. The highest BCUT2D eigenvalue weighted by atomic mass is 16.5. The number of ether oxygens (including phenoxy) is 2. The maximum Gasteiger partial charge on any atom is 0.323 e. The first kappa shape index (κ1) is 17.1. The standard InChI is InChI=1S/C18H24N2O3/c1-13(22-17(12-19)14-7-3-2-4-8-14)11-16(20)18(21)23-15-9-5-6-10-15/h2-4,7-8,12,15-16H,1,5-6,9-11,19-20H2/b17-12-/t16-/m0/s1. The van der Waals surface area contributed by atoms with Gasteiger partial charge in [-0.15, -0.1) is 0 Å². The van der Waals surface area contributed by atoms with Crippen molar-refractivity contribution in [1.82, 2.24) is 0 Å². The molecule has 0 radical (unpaired) electrons. The third-order valence-electron chi connectivity index (χ3n) is 3.80. The maximum atomic E-state index is 12.0. The Morgan fingerprint density at radius 3 is 2.57 bits per heavy atom. The zero-order chi connectivity index (χ0) is 16.7.